The van der Waals surface area contributed by atoms with Crippen LogP contribution < -0.4 is 9.80 Å². The first kappa shape index (κ1) is 36.7. The van der Waals surface area contributed by atoms with E-state index in [4.69, 9.17) is 8.83 Å². The molecule has 0 atom stereocenters. The second kappa shape index (κ2) is 14.2. The molecule has 9 aromatic carbocycles. The maximum atomic E-state index is 11.0. The Balaban J connectivity index is 1.08. The van der Waals surface area contributed by atoms with Gasteiger partial charge in [0.1, 0.15) is 28.9 Å². The highest BCUT2D eigenvalue weighted by Gasteiger charge is 2.26. The second-order valence-corrected chi connectivity index (χ2v) is 16.4. The van der Waals surface area contributed by atoms with Crippen LogP contribution in [-0.2, 0) is 0 Å². The fourth-order valence-corrected chi connectivity index (χ4v) is 9.19. The fraction of sp³-hybridized carbons (Fsp3) is 0.0714. The van der Waals surface area contributed by atoms with Crippen molar-refractivity contribution < 1.29 is 8.83 Å². The van der Waals surface area contributed by atoms with Gasteiger partial charge in [0.2, 0.25) is 0 Å². The molecular formula is C56H38N4O2. The monoisotopic (exact) mass is 798 g/mol. The largest absolute Gasteiger partial charge is 0.454 e. The van der Waals surface area contributed by atoms with Crippen LogP contribution in [0.25, 0.3) is 65.4 Å². The van der Waals surface area contributed by atoms with E-state index in [0.29, 0.717) is 38.7 Å². The zero-order chi connectivity index (χ0) is 42.2. The topological polar surface area (TPSA) is 80.3 Å². The number of hydrogen-bond donors (Lipinski definition) is 0. The van der Waals surface area contributed by atoms with E-state index in [0.717, 1.165) is 66.4 Å². The second-order valence-electron chi connectivity index (χ2n) is 16.4. The maximum Gasteiger partial charge on any atom is 0.158 e. The molecule has 0 radical (unpaired) electrons. The molecule has 0 aliphatic carbocycles. The highest BCUT2D eigenvalue weighted by Crippen LogP contribution is 2.46. The van der Waals surface area contributed by atoms with Gasteiger partial charge in [-0.25, -0.2) is 0 Å². The minimum atomic E-state index is 0.269. The standard InChI is InChI=1S/C56H38N4O2/c1-33-9-5-13-41(21-33)59(42-14-6-10-34(2)22-42)45-19-17-37-27-47-51(29-39(37)25-45)61-55-50(32-58)56-54(49(31-57)53(47)55)48-28-38-18-20-46(26-40(38)30-52(48)62-56)60(43-15-7-11-35(3)23-43)44-16-8-12-36(4)24-44/h5-30H,1-4H3. The SMILES string of the molecule is Cc1cccc(N(c2cccc(C)c2)c2ccc3cc4c(cc3c2)oc2c(C#N)c3oc5cc6cc(N(c7cccc(C)c7)c7cccc(C)c7)ccc6cc5c3c(C#N)c24)c1. The number of benzene rings is 9. The lowest BCUT2D eigenvalue weighted by Gasteiger charge is -2.26. The van der Waals surface area contributed by atoms with E-state index in [1.807, 2.05) is 12.1 Å². The molecule has 0 bridgehead atoms. The number of fused-ring (bicyclic) bond motifs is 8. The van der Waals surface area contributed by atoms with Crippen LogP contribution in [0.2, 0.25) is 0 Å². The summed E-state index contributed by atoms with van der Waals surface area (Å²) >= 11 is 0. The summed E-state index contributed by atoms with van der Waals surface area (Å²) in [5.41, 5.74) is 13.5. The van der Waals surface area contributed by atoms with E-state index in [9.17, 15) is 10.5 Å². The summed E-state index contributed by atoms with van der Waals surface area (Å²) in [6.45, 7) is 8.42. The van der Waals surface area contributed by atoms with E-state index in [1.54, 1.807) is 0 Å². The Bertz CT molecular complexity index is 3430. The molecule has 11 rings (SSSR count). The van der Waals surface area contributed by atoms with Crippen molar-refractivity contribution in [3.8, 4) is 12.1 Å². The number of furan rings is 2. The summed E-state index contributed by atoms with van der Waals surface area (Å²) in [4.78, 5) is 4.52. The van der Waals surface area contributed by atoms with Crippen molar-refractivity contribution in [3.05, 3.63) is 191 Å². The molecule has 0 unspecified atom stereocenters. The zero-order valence-corrected chi connectivity index (χ0v) is 34.6. The van der Waals surface area contributed by atoms with Crippen LogP contribution in [0.15, 0.2) is 167 Å². The third kappa shape index (κ3) is 5.92. The van der Waals surface area contributed by atoms with Gasteiger partial charge in [-0.1, -0.05) is 60.7 Å². The molecule has 0 saturated heterocycles. The van der Waals surface area contributed by atoms with Crippen LogP contribution >= 0.6 is 0 Å². The number of rotatable bonds is 6. The third-order valence-corrected chi connectivity index (χ3v) is 12.0. The first-order chi connectivity index (χ1) is 30.2. The van der Waals surface area contributed by atoms with E-state index < -0.39 is 0 Å². The Labute approximate surface area is 358 Å². The maximum absolute atomic E-state index is 11.0. The quantitative estimate of drug-likeness (QED) is 0.167. The molecule has 6 heteroatoms. The highest BCUT2D eigenvalue weighted by atomic mass is 16.3. The Morgan fingerprint density at radius 1 is 0.371 bits per heavy atom. The van der Waals surface area contributed by atoms with Crippen molar-refractivity contribution in [2.75, 3.05) is 9.80 Å². The minimum Gasteiger partial charge on any atom is -0.454 e. The molecule has 0 aliphatic rings. The van der Waals surface area contributed by atoms with Crippen LogP contribution in [0.4, 0.5) is 34.1 Å². The molecule has 2 aromatic heterocycles. The molecule has 62 heavy (non-hydrogen) atoms. The van der Waals surface area contributed by atoms with Crippen molar-refractivity contribution in [1.82, 2.24) is 0 Å². The zero-order valence-electron chi connectivity index (χ0n) is 34.6. The molecule has 0 aliphatic heterocycles. The predicted molar refractivity (Wildman–Crippen MR) is 254 cm³/mol. The van der Waals surface area contributed by atoms with Gasteiger partial charge in [0.05, 0.1) is 5.56 Å². The van der Waals surface area contributed by atoms with Crippen LogP contribution in [0.5, 0.6) is 0 Å². The molecule has 6 nitrogen and oxygen atoms in total. The van der Waals surface area contributed by atoms with Gasteiger partial charge in [-0.15, -0.1) is 0 Å². The molecule has 2 heterocycles. The van der Waals surface area contributed by atoms with E-state index >= 15 is 0 Å². The lowest BCUT2D eigenvalue weighted by Crippen LogP contribution is -2.10. The minimum absolute atomic E-state index is 0.269. The summed E-state index contributed by atoms with van der Waals surface area (Å²) in [5, 5.41) is 28.4. The number of nitrogens with zero attached hydrogens (tertiary/aromatic N) is 4. The normalized spacial score (nSPS) is 11.5. The smallest absolute Gasteiger partial charge is 0.158 e. The molecule has 294 valence electrons. The summed E-state index contributed by atoms with van der Waals surface area (Å²) in [7, 11) is 0. The number of hydrogen-bond acceptors (Lipinski definition) is 6. The number of anilines is 6. The van der Waals surface area contributed by atoms with Gasteiger partial charge >= 0.3 is 0 Å². The average Bonchev–Trinajstić information content (AvgIpc) is 3.82. The Kier molecular flexibility index (Phi) is 8.39. The molecule has 0 spiro atoms. The summed E-state index contributed by atoms with van der Waals surface area (Å²) in [6.07, 6.45) is 0. The van der Waals surface area contributed by atoms with Crippen molar-refractivity contribution >= 4 is 99.5 Å². The predicted octanol–water partition coefficient (Wildman–Crippen LogP) is 15.7. The van der Waals surface area contributed by atoms with Gasteiger partial charge in [0.15, 0.2) is 11.2 Å². The van der Waals surface area contributed by atoms with E-state index in [1.165, 1.54) is 22.3 Å². The summed E-state index contributed by atoms with van der Waals surface area (Å²) in [5.74, 6) is 0. The van der Waals surface area contributed by atoms with Gasteiger partial charge in [0, 0.05) is 55.7 Å². The Morgan fingerprint density at radius 2 is 0.726 bits per heavy atom. The van der Waals surface area contributed by atoms with Crippen molar-refractivity contribution in [2.45, 2.75) is 27.7 Å². The van der Waals surface area contributed by atoms with Gasteiger partial charge in [-0.3, -0.25) is 0 Å². The number of aryl methyl sites for hydroxylation is 4. The van der Waals surface area contributed by atoms with Gasteiger partial charge in [-0.05, 0) is 169 Å². The molecule has 0 saturated carbocycles. The molecule has 0 fully saturated rings. The van der Waals surface area contributed by atoms with Gasteiger partial charge < -0.3 is 18.6 Å². The number of nitriles is 2. The van der Waals surface area contributed by atoms with Crippen molar-refractivity contribution in [2.24, 2.45) is 0 Å². The van der Waals surface area contributed by atoms with Gasteiger partial charge in [0.25, 0.3) is 0 Å². The van der Waals surface area contributed by atoms with Crippen LogP contribution in [0.1, 0.15) is 33.4 Å². The fourth-order valence-electron chi connectivity index (χ4n) is 9.19. The summed E-state index contributed by atoms with van der Waals surface area (Å²) in [6, 6.07) is 59.9. The van der Waals surface area contributed by atoms with E-state index in [2.05, 4.69) is 195 Å². The van der Waals surface area contributed by atoms with Gasteiger partial charge in [-0.2, -0.15) is 10.5 Å². The Hall–Kier alpha value is -8.32. The first-order valence-electron chi connectivity index (χ1n) is 20.7. The molecule has 0 N–H and O–H groups in total. The lowest BCUT2D eigenvalue weighted by atomic mass is 9.96. The first-order valence-corrected chi connectivity index (χ1v) is 20.7. The third-order valence-electron chi connectivity index (χ3n) is 12.0. The van der Waals surface area contributed by atoms with Crippen LogP contribution in [0.3, 0.4) is 0 Å². The average molecular weight is 799 g/mol. The highest BCUT2D eigenvalue weighted by molar-refractivity contribution is 6.24. The molecule has 11 aromatic rings. The molecular weight excluding hydrogens is 761 g/mol. The Morgan fingerprint density at radius 3 is 1.06 bits per heavy atom. The van der Waals surface area contributed by atoms with E-state index in [-0.39, 0.29) is 5.56 Å². The van der Waals surface area contributed by atoms with Crippen LogP contribution in [0, 0.1) is 50.4 Å². The summed E-state index contributed by atoms with van der Waals surface area (Å²) < 4.78 is 13.2. The lowest BCUT2D eigenvalue weighted by molar-refractivity contribution is 0.654. The van der Waals surface area contributed by atoms with Crippen LogP contribution in [-0.4, -0.2) is 0 Å². The molecule has 0 amide bonds. The van der Waals surface area contributed by atoms with Crippen molar-refractivity contribution in [1.29, 1.82) is 10.5 Å². The van der Waals surface area contributed by atoms with Crippen molar-refractivity contribution in [3.63, 3.8) is 0 Å².